The molecule has 0 aliphatic heterocycles. The van der Waals surface area contributed by atoms with Crippen LogP contribution in [0.2, 0.25) is 5.02 Å². The lowest BCUT2D eigenvalue weighted by Crippen LogP contribution is -2.26. The van der Waals surface area contributed by atoms with E-state index in [2.05, 4.69) is 20.6 Å². The molecule has 0 unspecified atom stereocenters. The molecule has 1 amide bonds. The van der Waals surface area contributed by atoms with E-state index in [9.17, 15) is 4.79 Å². The van der Waals surface area contributed by atoms with Crippen molar-refractivity contribution < 1.29 is 9.53 Å². The Bertz CT molecular complexity index is 932. The second kappa shape index (κ2) is 9.71. The summed E-state index contributed by atoms with van der Waals surface area (Å²) in [6.07, 6.45) is 2.27. The van der Waals surface area contributed by atoms with Crippen molar-refractivity contribution in [3.05, 3.63) is 82.6 Å². The molecule has 0 fully saturated rings. The van der Waals surface area contributed by atoms with Gasteiger partial charge in [-0.2, -0.15) is 0 Å². The Hall–Kier alpha value is -3.12. The van der Waals surface area contributed by atoms with Crippen molar-refractivity contribution in [3.63, 3.8) is 0 Å². The van der Waals surface area contributed by atoms with Crippen LogP contribution in [0.4, 0.5) is 5.95 Å². The molecule has 0 saturated heterocycles. The molecule has 0 atom stereocenters. The van der Waals surface area contributed by atoms with Crippen LogP contribution >= 0.6 is 11.6 Å². The van der Waals surface area contributed by atoms with E-state index in [1.165, 1.54) is 0 Å². The summed E-state index contributed by atoms with van der Waals surface area (Å²) in [5.74, 6) is 0.964. The molecule has 1 aromatic heterocycles. The van der Waals surface area contributed by atoms with Crippen LogP contribution in [0.3, 0.4) is 0 Å². The number of carbonyl (C=O) groups excluding carboxylic acids is 1. The van der Waals surface area contributed by atoms with E-state index in [1.807, 2.05) is 48.5 Å². The Morgan fingerprint density at radius 2 is 1.93 bits per heavy atom. The monoisotopic (exact) mass is 396 g/mol. The number of aromatic nitrogens is 2. The number of nitrogens with one attached hydrogen (secondary N) is 2. The Kier molecular flexibility index (Phi) is 6.81. The van der Waals surface area contributed by atoms with Crippen molar-refractivity contribution in [2.24, 2.45) is 0 Å². The van der Waals surface area contributed by atoms with Crippen LogP contribution in [-0.4, -0.2) is 29.5 Å². The molecule has 1 heterocycles. The second-order valence-corrected chi connectivity index (χ2v) is 6.54. The summed E-state index contributed by atoms with van der Waals surface area (Å²) >= 11 is 5.88. The number of rotatable bonds is 8. The first-order valence-electron chi connectivity index (χ1n) is 8.86. The summed E-state index contributed by atoms with van der Waals surface area (Å²) in [4.78, 5) is 20.8. The van der Waals surface area contributed by atoms with Crippen molar-refractivity contribution in [1.29, 1.82) is 0 Å². The smallest absolute Gasteiger partial charge is 0.270 e. The molecule has 0 radical (unpaired) electrons. The molecular formula is C21H21ClN4O2. The van der Waals surface area contributed by atoms with Gasteiger partial charge in [-0.1, -0.05) is 35.9 Å². The average molecular weight is 397 g/mol. The Morgan fingerprint density at radius 1 is 1.11 bits per heavy atom. The van der Waals surface area contributed by atoms with Gasteiger partial charge in [0.1, 0.15) is 11.4 Å². The van der Waals surface area contributed by atoms with Gasteiger partial charge < -0.3 is 15.4 Å². The molecule has 7 heteroatoms. The lowest BCUT2D eigenvalue weighted by atomic mass is 10.1. The number of anilines is 1. The van der Waals surface area contributed by atoms with Crippen molar-refractivity contribution >= 4 is 23.5 Å². The van der Waals surface area contributed by atoms with Gasteiger partial charge in [-0.15, -0.1) is 0 Å². The maximum atomic E-state index is 12.4. The van der Waals surface area contributed by atoms with Crippen LogP contribution in [0.1, 0.15) is 21.6 Å². The molecule has 0 saturated carbocycles. The number of nitrogens with zero attached hydrogens (tertiary/aromatic N) is 2. The molecule has 0 aliphatic carbocycles. The fourth-order valence-corrected chi connectivity index (χ4v) is 2.72. The summed E-state index contributed by atoms with van der Waals surface area (Å²) < 4.78 is 5.21. The van der Waals surface area contributed by atoms with Gasteiger partial charge in [-0.05, 0) is 47.9 Å². The Balaban J connectivity index is 1.52. The third kappa shape index (κ3) is 5.69. The quantitative estimate of drug-likeness (QED) is 0.606. The van der Waals surface area contributed by atoms with E-state index in [-0.39, 0.29) is 5.91 Å². The number of hydrogen-bond donors (Lipinski definition) is 2. The Morgan fingerprint density at radius 3 is 2.71 bits per heavy atom. The van der Waals surface area contributed by atoms with E-state index in [0.717, 1.165) is 16.9 Å². The minimum Gasteiger partial charge on any atom is -0.497 e. The number of benzene rings is 2. The predicted octanol–water partition coefficient (Wildman–Crippen LogP) is 3.72. The maximum Gasteiger partial charge on any atom is 0.270 e. The van der Waals surface area contributed by atoms with E-state index >= 15 is 0 Å². The van der Waals surface area contributed by atoms with Crippen molar-refractivity contribution in [2.75, 3.05) is 19.0 Å². The first-order valence-corrected chi connectivity index (χ1v) is 9.24. The minimum atomic E-state index is -0.236. The van der Waals surface area contributed by atoms with Gasteiger partial charge in [-0.3, -0.25) is 4.79 Å². The topological polar surface area (TPSA) is 76.1 Å². The van der Waals surface area contributed by atoms with E-state index < -0.39 is 0 Å². The van der Waals surface area contributed by atoms with Gasteiger partial charge in [0.2, 0.25) is 5.95 Å². The molecule has 2 N–H and O–H groups in total. The zero-order valence-corrected chi connectivity index (χ0v) is 16.2. The molecule has 3 aromatic rings. The molecule has 3 rings (SSSR count). The maximum absolute atomic E-state index is 12.4. The van der Waals surface area contributed by atoms with Crippen LogP contribution in [0, 0.1) is 0 Å². The fraction of sp³-hybridized carbons (Fsp3) is 0.190. The molecule has 0 aliphatic rings. The predicted molar refractivity (Wildman–Crippen MR) is 110 cm³/mol. The number of carbonyl (C=O) groups is 1. The first-order chi connectivity index (χ1) is 13.6. The van der Waals surface area contributed by atoms with E-state index in [4.69, 9.17) is 16.3 Å². The number of halogens is 1. The van der Waals surface area contributed by atoms with Gasteiger partial charge in [0, 0.05) is 24.3 Å². The highest BCUT2D eigenvalue weighted by molar-refractivity contribution is 6.30. The van der Waals surface area contributed by atoms with Crippen LogP contribution in [0.5, 0.6) is 5.75 Å². The van der Waals surface area contributed by atoms with Crippen molar-refractivity contribution in [3.8, 4) is 5.75 Å². The second-order valence-electron chi connectivity index (χ2n) is 6.10. The summed E-state index contributed by atoms with van der Waals surface area (Å²) in [7, 11) is 1.63. The minimum absolute atomic E-state index is 0.236. The molecule has 0 spiro atoms. The molecular weight excluding hydrogens is 376 g/mol. The van der Waals surface area contributed by atoms with Crippen LogP contribution in [0.15, 0.2) is 60.8 Å². The largest absolute Gasteiger partial charge is 0.497 e. The highest BCUT2D eigenvalue weighted by atomic mass is 35.5. The summed E-state index contributed by atoms with van der Waals surface area (Å²) in [6, 6.07) is 16.9. The zero-order chi connectivity index (χ0) is 19.8. The summed E-state index contributed by atoms with van der Waals surface area (Å²) in [5, 5.41) is 6.68. The highest BCUT2D eigenvalue weighted by Gasteiger charge is 2.08. The lowest BCUT2D eigenvalue weighted by Gasteiger charge is -2.08. The number of methoxy groups -OCH3 is 1. The summed E-state index contributed by atoms with van der Waals surface area (Å²) in [6.45, 7) is 1.04. The van der Waals surface area contributed by atoms with Crippen LogP contribution in [0.25, 0.3) is 0 Å². The molecule has 144 valence electrons. The third-order valence-corrected chi connectivity index (χ3v) is 4.34. The van der Waals surface area contributed by atoms with E-state index in [0.29, 0.717) is 36.2 Å². The first kappa shape index (κ1) is 19.6. The van der Waals surface area contributed by atoms with Crippen LogP contribution < -0.4 is 15.4 Å². The van der Waals surface area contributed by atoms with Crippen LogP contribution in [-0.2, 0) is 13.0 Å². The van der Waals surface area contributed by atoms with Gasteiger partial charge in [0.15, 0.2) is 0 Å². The zero-order valence-electron chi connectivity index (χ0n) is 15.5. The van der Waals surface area contributed by atoms with Gasteiger partial charge in [0.05, 0.1) is 7.11 Å². The van der Waals surface area contributed by atoms with Crippen molar-refractivity contribution in [1.82, 2.24) is 15.3 Å². The van der Waals surface area contributed by atoms with Gasteiger partial charge in [0.25, 0.3) is 5.91 Å². The SMILES string of the molecule is COc1cccc(CCNC(=O)c2ccnc(NCc3ccc(Cl)cc3)n2)c1. The number of amides is 1. The number of ether oxygens (including phenoxy) is 1. The fourth-order valence-electron chi connectivity index (χ4n) is 2.59. The van der Waals surface area contributed by atoms with Gasteiger partial charge >= 0.3 is 0 Å². The van der Waals surface area contributed by atoms with E-state index in [1.54, 1.807) is 19.4 Å². The summed E-state index contributed by atoms with van der Waals surface area (Å²) in [5.41, 5.74) is 2.45. The number of hydrogen-bond acceptors (Lipinski definition) is 5. The normalized spacial score (nSPS) is 10.4. The lowest BCUT2D eigenvalue weighted by molar-refractivity contribution is 0.0949. The third-order valence-electron chi connectivity index (χ3n) is 4.09. The molecule has 6 nitrogen and oxygen atoms in total. The molecule has 0 bridgehead atoms. The molecule has 28 heavy (non-hydrogen) atoms. The molecule has 2 aromatic carbocycles. The standard InChI is InChI=1S/C21H21ClN4O2/c1-28-18-4-2-3-15(13-18)9-11-23-20(27)19-10-12-24-21(26-19)25-14-16-5-7-17(22)8-6-16/h2-8,10,12-13H,9,11,14H2,1H3,(H,23,27)(H,24,25,26). The average Bonchev–Trinajstić information content (AvgIpc) is 2.73. The van der Waals surface area contributed by atoms with Gasteiger partial charge in [-0.25, -0.2) is 9.97 Å². The Labute approximate surface area is 168 Å². The highest BCUT2D eigenvalue weighted by Crippen LogP contribution is 2.13. The van der Waals surface area contributed by atoms with Crippen molar-refractivity contribution in [2.45, 2.75) is 13.0 Å².